The number of carboxylic acid groups (broad SMARTS) is 1. The van der Waals surface area contributed by atoms with Crippen LogP contribution in [-0.2, 0) is 19.6 Å². The number of sulfonamides is 1. The fraction of sp³-hybridized carbons (Fsp3) is 0.600. The van der Waals surface area contributed by atoms with Crippen molar-refractivity contribution in [2.24, 2.45) is 5.73 Å². The van der Waals surface area contributed by atoms with Gasteiger partial charge in [0.2, 0.25) is 15.9 Å². The number of aliphatic carboxylic acids is 1. The van der Waals surface area contributed by atoms with E-state index in [9.17, 15) is 18.0 Å². The van der Waals surface area contributed by atoms with Crippen molar-refractivity contribution >= 4 is 21.9 Å². The molecular weight excluding hydrogens is 216 g/mol. The third-order valence-corrected chi connectivity index (χ3v) is 2.37. The number of carbonyl (C=O) groups is 2. The fourth-order valence-electron chi connectivity index (χ4n) is 0.520. The van der Waals surface area contributed by atoms with Crippen LogP contribution in [-0.4, -0.2) is 48.9 Å². The Hall–Kier alpha value is -1.19. The van der Waals surface area contributed by atoms with Crippen LogP contribution in [0.15, 0.2) is 0 Å². The lowest BCUT2D eigenvalue weighted by molar-refractivity contribution is -0.134. The van der Waals surface area contributed by atoms with Gasteiger partial charge in [0.1, 0.15) is 6.10 Å². The highest BCUT2D eigenvalue weighted by Crippen LogP contribution is 1.86. The van der Waals surface area contributed by atoms with Crippen LogP contribution in [0.2, 0.25) is 0 Å². The van der Waals surface area contributed by atoms with Crippen molar-refractivity contribution in [3.05, 3.63) is 0 Å². The van der Waals surface area contributed by atoms with Crippen molar-refractivity contribution in [1.29, 1.82) is 0 Å². The van der Waals surface area contributed by atoms with Gasteiger partial charge in [0.05, 0.1) is 0 Å². The van der Waals surface area contributed by atoms with Crippen LogP contribution >= 0.6 is 0 Å². The van der Waals surface area contributed by atoms with Crippen molar-refractivity contribution in [1.82, 2.24) is 4.72 Å². The number of carboxylic acids is 1. The molecule has 0 saturated heterocycles. The first kappa shape index (κ1) is 12.8. The first-order chi connectivity index (χ1) is 6.24. The number of rotatable bonds is 6. The molecule has 14 heavy (non-hydrogen) atoms. The van der Waals surface area contributed by atoms with Crippen molar-refractivity contribution in [2.75, 3.05) is 12.3 Å². The van der Waals surface area contributed by atoms with Gasteiger partial charge in [-0.2, -0.15) is 0 Å². The Morgan fingerprint density at radius 1 is 1.43 bits per heavy atom. The van der Waals surface area contributed by atoms with Crippen LogP contribution in [0.25, 0.3) is 0 Å². The van der Waals surface area contributed by atoms with Crippen molar-refractivity contribution in [2.45, 2.75) is 6.10 Å². The van der Waals surface area contributed by atoms with Crippen LogP contribution in [0, 0.1) is 0 Å². The maximum absolute atomic E-state index is 10.8. The molecule has 0 bridgehead atoms. The summed E-state index contributed by atoms with van der Waals surface area (Å²) in [6.45, 7) is -0.634. The number of amides is 1. The standard InChI is InChI=1S/C5H10N2O6S/c6-5(11)3(8)1-7-14(12,13)2-4(9)10/h3,7-8H,1-2H2,(H2,6,11)(H,9,10). The van der Waals surface area contributed by atoms with E-state index in [1.807, 2.05) is 0 Å². The number of primary amides is 1. The predicted octanol–water partition coefficient (Wildman–Crippen LogP) is -3.16. The molecule has 0 fully saturated rings. The number of aliphatic hydroxyl groups excluding tert-OH is 1. The van der Waals surface area contributed by atoms with Gasteiger partial charge >= 0.3 is 5.97 Å². The molecule has 0 aromatic carbocycles. The third-order valence-electron chi connectivity index (χ3n) is 1.14. The molecule has 0 aromatic rings. The number of hydrogen-bond donors (Lipinski definition) is 4. The highest BCUT2D eigenvalue weighted by molar-refractivity contribution is 7.90. The van der Waals surface area contributed by atoms with Crippen LogP contribution in [0.3, 0.4) is 0 Å². The Kier molecular flexibility index (Phi) is 4.47. The molecule has 82 valence electrons. The molecule has 1 atom stereocenters. The van der Waals surface area contributed by atoms with Gasteiger partial charge in [-0.15, -0.1) is 0 Å². The molecule has 0 aromatic heterocycles. The van der Waals surface area contributed by atoms with E-state index in [4.69, 9.17) is 10.2 Å². The molecule has 0 radical (unpaired) electrons. The highest BCUT2D eigenvalue weighted by atomic mass is 32.2. The molecule has 0 aliphatic rings. The largest absolute Gasteiger partial charge is 0.480 e. The summed E-state index contributed by atoms with van der Waals surface area (Å²) in [5.41, 5.74) is 4.63. The van der Waals surface area contributed by atoms with E-state index >= 15 is 0 Å². The highest BCUT2D eigenvalue weighted by Gasteiger charge is 2.18. The van der Waals surface area contributed by atoms with Gasteiger partial charge in [0.25, 0.3) is 0 Å². The molecule has 0 aliphatic carbocycles. The minimum Gasteiger partial charge on any atom is -0.480 e. The molecular formula is C5H10N2O6S. The predicted molar refractivity (Wildman–Crippen MR) is 44.6 cm³/mol. The normalized spacial score (nSPS) is 13.5. The molecule has 8 nitrogen and oxygen atoms in total. The van der Waals surface area contributed by atoms with Gasteiger partial charge in [-0.3, -0.25) is 9.59 Å². The lowest BCUT2D eigenvalue weighted by Crippen LogP contribution is -2.41. The summed E-state index contributed by atoms with van der Waals surface area (Å²) in [6, 6.07) is 0. The molecule has 0 aliphatic heterocycles. The average molecular weight is 226 g/mol. The maximum Gasteiger partial charge on any atom is 0.320 e. The average Bonchev–Trinajstić information content (AvgIpc) is 1.97. The van der Waals surface area contributed by atoms with Crippen molar-refractivity contribution in [3.8, 4) is 0 Å². The topological polar surface area (TPSA) is 147 Å². The molecule has 5 N–H and O–H groups in total. The van der Waals surface area contributed by atoms with E-state index in [1.54, 1.807) is 4.72 Å². The molecule has 0 spiro atoms. The summed E-state index contributed by atoms with van der Waals surface area (Å²) in [6.07, 6.45) is -1.67. The lowest BCUT2D eigenvalue weighted by Gasteiger charge is -2.07. The lowest BCUT2D eigenvalue weighted by atomic mass is 10.3. The summed E-state index contributed by atoms with van der Waals surface area (Å²) in [7, 11) is -4.03. The zero-order valence-corrected chi connectivity index (χ0v) is 7.82. The van der Waals surface area contributed by atoms with Crippen molar-refractivity contribution in [3.63, 3.8) is 0 Å². The second kappa shape index (κ2) is 4.88. The van der Waals surface area contributed by atoms with E-state index in [0.29, 0.717) is 0 Å². The molecule has 0 heterocycles. The SMILES string of the molecule is NC(=O)C(O)CNS(=O)(=O)CC(=O)O. The monoisotopic (exact) mass is 226 g/mol. The Morgan fingerprint density at radius 2 is 1.93 bits per heavy atom. The molecule has 0 rings (SSSR count). The zero-order chi connectivity index (χ0) is 11.4. The third kappa shape index (κ3) is 5.45. The minimum atomic E-state index is -4.03. The van der Waals surface area contributed by atoms with Gasteiger partial charge < -0.3 is 15.9 Å². The summed E-state index contributed by atoms with van der Waals surface area (Å²) >= 11 is 0. The smallest absolute Gasteiger partial charge is 0.320 e. The number of nitrogens with one attached hydrogen (secondary N) is 1. The minimum absolute atomic E-state index is 0.634. The second-order valence-electron chi connectivity index (χ2n) is 2.42. The van der Waals surface area contributed by atoms with Gasteiger partial charge in [0.15, 0.2) is 5.75 Å². The van der Waals surface area contributed by atoms with E-state index < -0.39 is 40.3 Å². The Morgan fingerprint density at radius 3 is 2.29 bits per heavy atom. The summed E-state index contributed by atoms with van der Waals surface area (Å²) in [5, 5.41) is 16.9. The van der Waals surface area contributed by atoms with Crippen LogP contribution in [0.5, 0.6) is 0 Å². The molecule has 0 saturated carbocycles. The van der Waals surface area contributed by atoms with Gasteiger partial charge in [-0.25, -0.2) is 13.1 Å². The quantitative estimate of drug-likeness (QED) is 0.376. The summed E-state index contributed by atoms with van der Waals surface area (Å²) in [4.78, 5) is 20.3. The number of carbonyl (C=O) groups excluding carboxylic acids is 1. The van der Waals surface area contributed by atoms with Crippen LogP contribution < -0.4 is 10.5 Å². The van der Waals surface area contributed by atoms with E-state index in [1.165, 1.54) is 0 Å². The zero-order valence-electron chi connectivity index (χ0n) is 7.00. The molecule has 1 unspecified atom stereocenters. The van der Waals surface area contributed by atoms with Gasteiger partial charge in [0, 0.05) is 6.54 Å². The fourth-order valence-corrected chi connectivity index (χ4v) is 1.36. The number of nitrogens with two attached hydrogens (primary N) is 1. The van der Waals surface area contributed by atoms with Crippen molar-refractivity contribution < 1.29 is 28.2 Å². The summed E-state index contributed by atoms with van der Waals surface area (Å²) < 4.78 is 23.3. The first-order valence-corrected chi connectivity index (χ1v) is 5.06. The molecule has 9 heteroatoms. The second-order valence-corrected chi connectivity index (χ2v) is 4.23. The Balaban J connectivity index is 4.13. The van der Waals surface area contributed by atoms with E-state index in [2.05, 4.69) is 5.73 Å². The number of aliphatic hydroxyl groups is 1. The van der Waals surface area contributed by atoms with E-state index in [-0.39, 0.29) is 0 Å². The summed E-state index contributed by atoms with van der Waals surface area (Å²) in [5.74, 6) is -3.76. The molecule has 1 amide bonds. The van der Waals surface area contributed by atoms with E-state index in [0.717, 1.165) is 0 Å². The van der Waals surface area contributed by atoms with Gasteiger partial charge in [-0.1, -0.05) is 0 Å². The number of hydrogen-bond acceptors (Lipinski definition) is 5. The van der Waals surface area contributed by atoms with Gasteiger partial charge in [-0.05, 0) is 0 Å². The van der Waals surface area contributed by atoms with Crippen LogP contribution in [0.4, 0.5) is 0 Å². The first-order valence-electron chi connectivity index (χ1n) is 3.41. The Bertz CT molecular complexity index is 323. The van der Waals surface area contributed by atoms with Crippen LogP contribution in [0.1, 0.15) is 0 Å². The maximum atomic E-state index is 10.8. The Labute approximate surface area is 79.8 Å².